The Labute approximate surface area is 126 Å². The molecule has 2 unspecified atom stereocenters. The van der Waals surface area contributed by atoms with E-state index < -0.39 is 0 Å². The third-order valence-electron chi connectivity index (χ3n) is 5.15. The van der Waals surface area contributed by atoms with Crippen LogP contribution in [-0.4, -0.2) is 22.8 Å². The molecule has 114 valence electrons. The Morgan fingerprint density at radius 2 is 1.76 bits per heavy atom. The predicted octanol–water partition coefficient (Wildman–Crippen LogP) is 3.52. The summed E-state index contributed by atoms with van der Waals surface area (Å²) in [6.07, 6.45) is 2.73. The molecule has 0 aromatic carbocycles. The Balaban J connectivity index is 2.11. The summed E-state index contributed by atoms with van der Waals surface area (Å²) in [6.45, 7) is 10.4. The molecule has 0 amide bonds. The summed E-state index contributed by atoms with van der Waals surface area (Å²) in [5.41, 5.74) is 2.82. The lowest BCUT2D eigenvalue weighted by molar-refractivity contribution is -0.125. The Hall–Kier alpha value is -1.25. The van der Waals surface area contributed by atoms with Crippen LogP contribution >= 0.6 is 0 Å². The monoisotopic (exact) mass is 287 g/mol. The number of fused-ring (bicyclic) bond motifs is 3. The van der Waals surface area contributed by atoms with Crippen LogP contribution in [0.3, 0.4) is 0 Å². The first-order valence-corrected chi connectivity index (χ1v) is 7.94. The van der Waals surface area contributed by atoms with Crippen LogP contribution in [0.15, 0.2) is 16.1 Å². The van der Waals surface area contributed by atoms with E-state index in [0.717, 1.165) is 23.3 Å². The van der Waals surface area contributed by atoms with Gasteiger partial charge in [0.15, 0.2) is 5.78 Å². The van der Waals surface area contributed by atoms with Crippen LogP contribution < -0.4 is 0 Å². The molecule has 1 saturated carbocycles. The molecule has 1 aliphatic heterocycles. The number of carbonyl (C=O) groups is 2. The van der Waals surface area contributed by atoms with Crippen LogP contribution in [0, 0.1) is 17.3 Å². The molecular formula is C18H25NO2. The minimum Gasteiger partial charge on any atom is -0.299 e. The third-order valence-corrected chi connectivity index (χ3v) is 5.15. The summed E-state index contributed by atoms with van der Waals surface area (Å²) in [6, 6.07) is 0. The van der Waals surface area contributed by atoms with Crippen LogP contribution in [0.25, 0.3) is 0 Å². The average Bonchev–Trinajstić information content (AvgIpc) is 2.22. The second kappa shape index (κ2) is 4.37. The molecule has 2 atom stereocenters. The second-order valence-electron chi connectivity index (χ2n) is 8.48. The van der Waals surface area contributed by atoms with Crippen LogP contribution in [0.4, 0.5) is 0 Å². The second-order valence-corrected chi connectivity index (χ2v) is 8.48. The lowest BCUT2D eigenvalue weighted by atomic mass is 9.58. The number of hydrogen-bond acceptors (Lipinski definition) is 3. The summed E-state index contributed by atoms with van der Waals surface area (Å²) < 4.78 is 0. The molecule has 0 aromatic rings. The molecular weight excluding hydrogens is 262 g/mol. The molecule has 0 aromatic heterocycles. The van der Waals surface area contributed by atoms with E-state index in [1.807, 2.05) is 20.8 Å². The quantitative estimate of drug-likeness (QED) is 0.684. The van der Waals surface area contributed by atoms with Gasteiger partial charge < -0.3 is 0 Å². The first-order chi connectivity index (χ1) is 9.60. The van der Waals surface area contributed by atoms with Crippen molar-refractivity contribution in [3.8, 4) is 0 Å². The molecule has 0 bridgehead atoms. The first kappa shape index (κ1) is 14.7. The van der Waals surface area contributed by atoms with Gasteiger partial charge in [0, 0.05) is 30.9 Å². The zero-order valence-electron chi connectivity index (χ0n) is 13.7. The maximum atomic E-state index is 12.7. The van der Waals surface area contributed by atoms with E-state index in [0.29, 0.717) is 19.3 Å². The highest BCUT2D eigenvalue weighted by Crippen LogP contribution is 2.49. The molecule has 21 heavy (non-hydrogen) atoms. The maximum absolute atomic E-state index is 12.7. The predicted molar refractivity (Wildman–Crippen MR) is 83.5 cm³/mol. The summed E-state index contributed by atoms with van der Waals surface area (Å²) >= 11 is 0. The fraction of sp³-hybridized carbons (Fsp3) is 0.722. The third kappa shape index (κ3) is 2.41. The van der Waals surface area contributed by atoms with Gasteiger partial charge in [0.25, 0.3) is 0 Å². The number of nitrogens with zero attached hydrogens (tertiary/aromatic N) is 1. The summed E-state index contributed by atoms with van der Waals surface area (Å²) in [5.74, 6) is 0.466. The molecule has 3 aliphatic rings. The lowest BCUT2D eigenvalue weighted by Crippen LogP contribution is -2.48. The number of rotatable bonds is 0. The van der Waals surface area contributed by atoms with Crippen molar-refractivity contribution in [3.05, 3.63) is 11.1 Å². The van der Waals surface area contributed by atoms with Crippen molar-refractivity contribution >= 4 is 17.3 Å². The highest BCUT2D eigenvalue weighted by atomic mass is 16.1. The van der Waals surface area contributed by atoms with Crippen LogP contribution in [0.5, 0.6) is 0 Å². The summed E-state index contributed by atoms with van der Waals surface area (Å²) in [5, 5.41) is 0. The van der Waals surface area contributed by atoms with E-state index in [4.69, 9.17) is 4.99 Å². The number of Topliss-reactive ketones (excluding diaryl/α,β-unsaturated/α-hetero) is 2. The minimum atomic E-state index is -0.283. The first-order valence-electron chi connectivity index (χ1n) is 7.94. The van der Waals surface area contributed by atoms with Gasteiger partial charge in [-0.3, -0.25) is 14.6 Å². The summed E-state index contributed by atoms with van der Waals surface area (Å²) in [7, 11) is 0. The van der Waals surface area contributed by atoms with Gasteiger partial charge in [-0.15, -0.1) is 0 Å². The van der Waals surface area contributed by atoms with Crippen molar-refractivity contribution in [3.63, 3.8) is 0 Å². The zero-order valence-corrected chi connectivity index (χ0v) is 13.7. The topological polar surface area (TPSA) is 46.5 Å². The standard InChI is InChI=1S/C18H25NO2/c1-10-6-12-16(14(21)9-18(4,5)19-12)11-7-17(2,3)8-13(20)15(10)11/h11,16H,6-9H2,1-5H3. The van der Waals surface area contributed by atoms with Gasteiger partial charge >= 0.3 is 0 Å². The van der Waals surface area contributed by atoms with E-state index in [9.17, 15) is 9.59 Å². The van der Waals surface area contributed by atoms with Gasteiger partial charge in [0.05, 0.1) is 11.5 Å². The highest BCUT2D eigenvalue weighted by molar-refractivity contribution is 6.12. The van der Waals surface area contributed by atoms with Gasteiger partial charge in [-0.1, -0.05) is 19.4 Å². The maximum Gasteiger partial charge on any atom is 0.159 e. The van der Waals surface area contributed by atoms with Crippen LogP contribution in [-0.2, 0) is 9.59 Å². The van der Waals surface area contributed by atoms with Crippen molar-refractivity contribution in [1.82, 2.24) is 0 Å². The lowest BCUT2D eigenvalue weighted by Gasteiger charge is -2.45. The molecule has 0 spiro atoms. The Morgan fingerprint density at radius 3 is 2.43 bits per heavy atom. The summed E-state index contributed by atoms with van der Waals surface area (Å²) in [4.78, 5) is 30.1. The number of allylic oxidation sites excluding steroid dienone is 2. The van der Waals surface area contributed by atoms with Crippen LogP contribution in [0.2, 0.25) is 0 Å². The van der Waals surface area contributed by atoms with E-state index >= 15 is 0 Å². The fourth-order valence-corrected chi connectivity index (χ4v) is 4.54. The van der Waals surface area contributed by atoms with Gasteiger partial charge in [0.1, 0.15) is 5.78 Å². The zero-order chi connectivity index (χ0) is 15.6. The molecule has 3 nitrogen and oxygen atoms in total. The Kier molecular flexibility index (Phi) is 3.06. The highest BCUT2D eigenvalue weighted by Gasteiger charge is 2.49. The SMILES string of the molecule is CC1=C2C(=O)CC(C)(C)CC2C2C(=O)CC(C)(C)N=C2C1. The molecule has 1 fully saturated rings. The van der Waals surface area contributed by atoms with Crippen LogP contribution in [0.1, 0.15) is 60.3 Å². The van der Waals surface area contributed by atoms with Crippen molar-refractivity contribution in [2.45, 2.75) is 65.8 Å². The fourth-order valence-electron chi connectivity index (χ4n) is 4.54. The Morgan fingerprint density at radius 1 is 1.10 bits per heavy atom. The van der Waals surface area contributed by atoms with E-state index in [1.54, 1.807) is 0 Å². The van der Waals surface area contributed by atoms with E-state index in [2.05, 4.69) is 13.8 Å². The molecule has 0 saturated heterocycles. The normalized spacial score (nSPS) is 34.2. The van der Waals surface area contributed by atoms with E-state index in [1.165, 1.54) is 0 Å². The number of aliphatic imine (C=N–C) groups is 1. The minimum absolute atomic E-state index is 0.0127. The van der Waals surface area contributed by atoms with Gasteiger partial charge in [-0.05, 0) is 38.2 Å². The number of carbonyl (C=O) groups excluding carboxylic acids is 2. The largest absolute Gasteiger partial charge is 0.299 e. The van der Waals surface area contributed by atoms with Gasteiger partial charge in [0.2, 0.25) is 0 Å². The van der Waals surface area contributed by atoms with Crippen molar-refractivity contribution in [2.24, 2.45) is 22.2 Å². The molecule has 0 radical (unpaired) electrons. The average molecular weight is 287 g/mol. The molecule has 2 aliphatic carbocycles. The van der Waals surface area contributed by atoms with Gasteiger partial charge in [-0.25, -0.2) is 0 Å². The number of hydrogen-bond donors (Lipinski definition) is 0. The molecule has 3 rings (SSSR count). The molecule has 3 heteroatoms. The van der Waals surface area contributed by atoms with Crippen molar-refractivity contribution in [1.29, 1.82) is 0 Å². The van der Waals surface area contributed by atoms with Crippen molar-refractivity contribution < 1.29 is 9.59 Å². The molecule has 1 heterocycles. The van der Waals surface area contributed by atoms with Gasteiger partial charge in [-0.2, -0.15) is 0 Å². The Bertz CT molecular complexity index is 592. The van der Waals surface area contributed by atoms with E-state index in [-0.39, 0.29) is 34.4 Å². The van der Waals surface area contributed by atoms with Crippen molar-refractivity contribution in [2.75, 3.05) is 0 Å². The molecule has 0 N–H and O–H groups in total. The smallest absolute Gasteiger partial charge is 0.159 e. The number of ketones is 2.